The third kappa shape index (κ3) is 5.27. The summed E-state index contributed by atoms with van der Waals surface area (Å²) in [5, 5.41) is -0.663. The number of benzene rings is 2. The molecule has 0 aliphatic carbocycles. The highest BCUT2D eigenvalue weighted by Crippen LogP contribution is 2.25. The number of rotatable bonds is 8. The molecule has 0 radical (unpaired) electrons. The summed E-state index contributed by atoms with van der Waals surface area (Å²) in [6.45, 7) is 4.21. The van der Waals surface area contributed by atoms with Crippen LogP contribution in [0.1, 0.15) is 37.5 Å². The second kappa shape index (κ2) is 9.33. The molecular formula is C20H23ClO3. The maximum Gasteiger partial charge on any atom is 0.324 e. The highest BCUT2D eigenvalue weighted by Gasteiger charge is 2.17. The maximum absolute atomic E-state index is 11.6. The first-order valence-electron chi connectivity index (χ1n) is 8.25. The van der Waals surface area contributed by atoms with Crippen LogP contribution in [0.15, 0.2) is 54.6 Å². The van der Waals surface area contributed by atoms with E-state index in [1.165, 1.54) is 0 Å². The Bertz CT molecular complexity index is 625. The van der Waals surface area contributed by atoms with Gasteiger partial charge >= 0.3 is 5.97 Å². The molecule has 24 heavy (non-hydrogen) atoms. The zero-order valence-electron chi connectivity index (χ0n) is 14.1. The van der Waals surface area contributed by atoms with Gasteiger partial charge in [0.1, 0.15) is 17.2 Å². The number of carbonyl (C=O) groups is 1. The van der Waals surface area contributed by atoms with Crippen molar-refractivity contribution >= 4 is 17.6 Å². The Labute approximate surface area is 148 Å². The topological polar surface area (TPSA) is 35.5 Å². The van der Waals surface area contributed by atoms with Crippen LogP contribution < -0.4 is 4.74 Å². The Hall–Kier alpha value is -2.00. The van der Waals surface area contributed by atoms with E-state index in [0.717, 1.165) is 23.3 Å². The van der Waals surface area contributed by atoms with Gasteiger partial charge < -0.3 is 9.47 Å². The fourth-order valence-corrected chi connectivity index (χ4v) is 2.69. The van der Waals surface area contributed by atoms with Crippen molar-refractivity contribution in [1.82, 2.24) is 0 Å². The van der Waals surface area contributed by atoms with Gasteiger partial charge in [-0.3, -0.25) is 4.79 Å². The fourth-order valence-electron chi connectivity index (χ4n) is 2.45. The molecule has 2 atom stereocenters. The van der Waals surface area contributed by atoms with Crippen molar-refractivity contribution in [3.8, 4) is 5.75 Å². The van der Waals surface area contributed by atoms with Crippen LogP contribution >= 0.6 is 11.6 Å². The first kappa shape index (κ1) is 18.3. The summed E-state index contributed by atoms with van der Waals surface area (Å²) >= 11 is 6.07. The molecule has 0 saturated heterocycles. The number of ether oxygens (including phenoxy) is 2. The minimum absolute atomic E-state index is 0.0253. The molecule has 2 aromatic rings. The molecule has 0 N–H and O–H groups in total. The van der Waals surface area contributed by atoms with Crippen LogP contribution in [0.2, 0.25) is 0 Å². The zero-order chi connectivity index (χ0) is 17.4. The Morgan fingerprint density at radius 1 is 1.04 bits per heavy atom. The smallest absolute Gasteiger partial charge is 0.324 e. The molecule has 3 nitrogen and oxygen atoms in total. The zero-order valence-corrected chi connectivity index (χ0v) is 14.8. The van der Waals surface area contributed by atoms with Crippen LogP contribution in [-0.2, 0) is 16.0 Å². The molecule has 0 saturated carbocycles. The number of esters is 1. The summed E-state index contributed by atoms with van der Waals surface area (Å²) in [5.41, 5.74) is 2.13. The molecule has 0 aromatic heterocycles. The van der Waals surface area contributed by atoms with Crippen molar-refractivity contribution in [3.05, 3.63) is 65.7 Å². The molecular weight excluding hydrogens is 324 g/mol. The SMILES string of the molecule is CCOC(=O)C(Cl)Cc1ccc(OC(CC)c2ccccc2)cc1. The van der Waals surface area contributed by atoms with Gasteiger partial charge in [-0.25, -0.2) is 0 Å². The number of carbonyl (C=O) groups excluding carboxylic acids is 1. The van der Waals surface area contributed by atoms with Crippen molar-refractivity contribution in [2.24, 2.45) is 0 Å². The molecule has 2 aromatic carbocycles. The summed E-state index contributed by atoms with van der Waals surface area (Å²) in [6, 6.07) is 17.9. The lowest BCUT2D eigenvalue weighted by atomic mass is 10.1. The number of alkyl halides is 1. The molecule has 2 unspecified atom stereocenters. The number of hydrogen-bond donors (Lipinski definition) is 0. The molecule has 4 heteroatoms. The van der Waals surface area contributed by atoms with Gasteiger partial charge in [-0.15, -0.1) is 11.6 Å². The van der Waals surface area contributed by atoms with E-state index in [-0.39, 0.29) is 12.1 Å². The Balaban J connectivity index is 1.97. The molecule has 0 bridgehead atoms. The third-order valence-electron chi connectivity index (χ3n) is 3.70. The van der Waals surface area contributed by atoms with E-state index in [4.69, 9.17) is 21.1 Å². The van der Waals surface area contributed by atoms with Gasteiger partial charge in [-0.2, -0.15) is 0 Å². The van der Waals surface area contributed by atoms with Crippen LogP contribution in [0.25, 0.3) is 0 Å². The molecule has 0 amide bonds. The molecule has 0 heterocycles. The van der Waals surface area contributed by atoms with Crippen LogP contribution in [-0.4, -0.2) is 18.0 Å². The average molecular weight is 347 g/mol. The quantitative estimate of drug-likeness (QED) is 0.502. The van der Waals surface area contributed by atoms with Gasteiger partial charge in [-0.05, 0) is 43.0 Å². The molecule has 0 spiro atoms. The van der Waals surface area contributed by atoms with E-state index in [9.17, 15) is 4.79 Å². The van der Waals surface area contributed by atoms with Crippen molar-refractivity contribution in [2.75, 3.05) is 6.61 Å². The summed E-state index contributed by atoms with van der Waals surface area (Å²) in [6.07, 6.45) is 1.35. The van der Waals surface area contributed by atoms with Crippen molar-refractivity contribution < 1.29 is 14.3 Å². The van der Waals surface area contributed by atoms with Gasteiger partial charge in [0.15, 0.2) is 0 Å². The lowest BCUT2D eigenvalue weighted by Gasteiger charge is -2.18. The monoisotopic (exact) mass is 346 g/mol. The van der Waals surface area contributed by atoms with Crippen molar-refractivity contribution in [3.63, 3.8) is 0 Å². The van der Waals surface area contributed by atoms with E-state index in [1.807, 2.05) is 42.5 Å². The summed E-state index contributed by atoms with van der Waals surface area (Å²) in [5.74, 6) is 0.423. The standard InChI is InChI=1S/C20H23ClO3/c1-3-19(16-8-6-5-7-9-16)24-17-12-10-15(11-13-17)14-18(21)20(22)23-4-2/h5-13,18-19H,3-4,14H2,1-2H3. The van der Waals surface area contributed by atoms with E-state index in [2.05, 4.69) is 19.1 Å². The molecule has 128 valence electrons. The van der Waals surface area contributed by atoms with E-state index >= 15 is 0 Å². The predicted octanol–water partition coefficient (Wildman–Crippen LogP) is 4.93. The predicted molar refractivity (Wildman–Crippen MR) is 96.5 cm³/mol. The summed E-state index contributed by atoms with van der Waals surface area (Å²) < 4.78 is 11.0. The Morgan fingerprint density at radius 2 is 1.71 bits per heavy atom. The van der Waals surface area contributed by atoms with Gasteiger partial charge in [0, 0.05) is 0 Å². The summed E-state index contributed by atoms with van der Waals surface area (Å²) in [4.78, 5) is 11.6. The highest BCUT2D eigenvalue weighted by molar-refractivity contribution is 6.30. The molecule has 2 rings (SSSR count). The fraction of sp³-hybridized carbons (Fsp3) is 0.350. The minimum Gasteiger partial charge on any atom is -0.486 e. The highest BCUT2D eigenvalue weighted by atomic mass is 35.5. The lowest BCUT2D eigenvalue weighted by molar-refractivity contribution is -0.142. The second-order valence-corrected chi connectivity index (χ2v) is 6.02. The van der Waals surface area contributed by atoms with Gasteiger partial charge in [-0.1, -0.05) is 49.4 Å². The van der Waals surface area contributed by atoms with Crippen molar-refractivity contribution in [2.45, 2.75) is 38.2 Å². The third-order valence-corrected chi connectivity index (χ3v) is 4.03. The normalized spacial score (nSPS) is 13.1. The second-order valence-electron chi connectivity index (χ2n) is 5.49. The lowest BCUT2D eigenvalue weighted by Crippen LogP contribution is -2.20. The van der Waals surface area contributed by atoms with E-state index < -0.39 is 5.38 Å². The minimum atomic E-state index is -0.663. The van der Waals surface area contributed by atoms with Crippen LogP contribution in [0.5, 0.6) is 5.75 Å². The summed E-state index contributed by atoms with van der Waals surface area (Å²) in [7, 11) is 0. The Kier molecular flexibility index (Phi) is 7.13. The molecule has 0 aliphatic heterocycles. The first-order valence-corrected chi connectivity index (χ1v) is 8.69. The number of hydrogen-bond acceptors (Lipinski definition) is 3. The van der Waals surface area contributed by atoms with Crippen LogP contribution in [0.3, 0.4) is 0 Å². The van der Waals surface area contributed by atoms with Crippen LogP contribution in [0.4, 0.5) is 0 Å². The Morgan fingerprint density at radius 3 is 2.29 bits per heavy atom. The number of halogens is 1. The van der Waals surface area contributed by atoms with Gasteiger partial charge in [0.05, 0.1) is 6.61 Å². The average Bonchev–Trinajstić information content (AvgIpc) is 2.62. The van der Waals surface area contributed by atoms with Gasteiger partial charge in [0.2, 0.25) is 0 Å². The largest absolute Gasteiger partial charge is 0.486 e. The molecule has 0 fully saturated rings. The van der Waals surface area contributed by atoms with E-state index in [0.29, 0.717) is 13.0 Å². The first-order chi connectivity index (χ1) is 11.6. The van der Waals surface area contributed by atoms with Gasteiger partial charge in [0.25, 0.3) is 0 Å². The maximum atomic E-state index is 11.6. The van der Waals surface area contributed by atoms with Crippen molar-refractivity contribution in [1.29, 1.82) is 0 Å². The van der Waals surface area contributed by atoms with E-state index in [1.54, 1.807) is 6.92 Å². The molecule has 0 aliphatic rings. The van der Waals surface area contributed by atoms with Crippen LogP contribution in [0, 0.1) is 0 Å².